The van der Waals surface area contributed by atoms with Gasteiger partial charge in [0.15, 0.2) is 5.75 Å². The highest BCUT2D eigenvalue weighted by molar-refractivity contribution is 9.10. The Morgan fingerprint density at radius 1 is 1.21 bits per heavy atom. The summed E-state index contributed by atoms with van der Waals surface area (Å²) >= 11 is 3.21. The SMILES string of the molecule is NS(=O)(=O)c1cncc(Br)c1OCc1ccccc1. The first-order valence-electron chi connectivity index (χ1n) is 5.31. The van der Waals surface area contributed by atoms with Crippen molar-refractivity contribution in [3.8, 4) is 5.75 Å². The lowest BCUT2D eigenvalue weighted by Crippen LogP contribution is -2.14. The molecular weight excluding hydrogens is 332 g/mol. The first-order valence-corrected chi connectivity index (χ1v) is 7.65. The largest absolute Gasteiger partial charge is 0.486 e. The lowest BCUT2D eigenvalue weighted by atomic mass is 10.2. The van der Waals surface area contributed by atoms with Gasteiger partial charge in [0.25, 0.3) is 0 Å². The van der Waals surface area contributed by atoms with Crippen LogP contribution in [0.15, 0.2) is 52.1 Å². The maximum absolute atomic E-state index is 11.5. The zero-order valence-corrected chi connectivity index (χ0v) is 12.2. The van der Waals surface area contributed by atoms with E-state index in [1.807, 2.05) is 30.3 Å². The van der Waals surface area contributed by atoms with Gasteiger partial charge in [-0.15, -0.1) is 0 Å². The highest BCUT2D eigenvalue weighted by atomic mass is 79.9. The van der Waals surface area contributed by atoms with E-state index in [9.17, 15) is 8.42 Å². The predicted molar refractivity (Wildman–Crippen MR) is 74.1 cm³/mol. The van der Waals surface area contributed by atoms with Gasteiger partial charge in [0.05, 0.1) is 10.7 Å². The summed E-state index contributed by atoms with van der Waals surface area (Å²) in [6.07, 6.45) is 2.62. The van der Waals surface area contributed by atoms with Crippen molar-refractivity contribution in [2.45, 2.75) is 11.5 Å². The molecule has 0 fully saturated rings. The molecule has 1 heterocycles. The van der Waals surface area contributed by atoms with Gasteiger partial charge in [-0.25, -0.2) is 13.6 Å². The maximum atomic E-state index is 11.5. The van der Waals surface area contributed by atoms with Crippen molar-refractivity contribution < 1.29 is 13.2 Å². The fourth-order valence-corrected chi connectivity index (χ4v) is 2.69. The Labute approximate surface area is 119 Å². The van der Waals surface area contributed by atoms with Crippen LogP contribution in [0.3, 0.4) is 0 Å². The van der Waals surface area contributed by atoms with Gasteiger partial charge >= 0.3 is 0 Å². The van der Waals surface area contributed by atoms with Crippen LogP contribution in [0.5, 0.6) is 5.75 Å². The van der Waals surface area contributed by atoms with Crippen molar-refractivity contribution in [1.82, 2.24) is 4.98 Å². The van der Waals surface area contributed by atoms with E-state index in [-0.39, 0.29) is 17.3 Å². The average molecular weight is 343 g/mol. The van der Waals surface area contributed by atoms with E-state index in [0.717, 1.165) is 5.56 Å². The topological polar surface area (TPSA) is 82.3 Å². The first kappa shape index (κ1) is 14.0. The zero-order chi connectivity index (χ0) is 13.9. The van der Waals surface area contributed by atoms with Crippen LogP contribution in [-0.2, 0) is 16.6 Å². The van der Waals surface area contributed by atoms with Crippen molar-refractivity contribution in [2.24, 2.45) is 5.14 Å². The van der Waals surface area contributed by atoms with Crippen LogP contribution in [0.25, 0.3) is 0 Å². The Morgan fingerprint density at radius 2 is 1.89 bits per heavy atom. The maximum Gasteiger partial charge on any atom is 0.243 e. The third-order valence-electron chi connectivity index (χ3n) is 2.35. The number of hydrogen-bond acceptors (Lipinski definition) is 4. The fourth-order valence-electron chi connectivity index (χ4n) is 1.48. The highest BCUT2D eigenvalue weighted by Crippen LogP contribution is 2.31. The van der Waals surface area contributed by atoms with E-state index in [1.165, 1.54) is 12.4 Å². The number of aromatic nitrogens is 1. The summed E-state index contributed by atoms with van der Waals surface area (Å²) in [5.41, 5.74) is 0.923. The van der Waals surface area contributed by atoms with Crippen molar-refractivity contribution >= 4 is 26.0 Å². The number of rotatable bonds is 4. The molecule has 5 nitrogen and oxygen atoms in total. The molecule has 0 spiro atoms. The average Bonchev–Trinajstić information content (AvgIpc) is 2.37. The number of hydrogen-bond donors (Lipinski definition) is 1. The second-order valence-electron chi connectivity index (χ2n) is 3.77. The van der Waals surface area contributed by atoms with Crippen LogP contribution >= 0.6 is 15.9 Å². The van der Waals surface area contributed by atoms with Gasteiger partial charge in [-0.3, -0.25) is 4.98 Å². The summed E-state index contributed by atoms with van der Waals surface area (Å²) in [5.74, 6) is 0.168. The highest BCUT2D eigenvalue weighted by Gasteiger charge is 2.18. The minimum absolute atomic E-state index is 0.141. The van der Waals surface area contributed by atoms with Gasteiger partial charge in [-0.05, 0) is 21.5 Å². The summed E-state index contributed by atoms with van der Waals surface area (Å²) < 4.78 is 28.9. The number of primary sulfonamides is 1. The molecule has 0 bridgehead atoms. The lowest BCUT2D eigenvalue weighted by Gasteiger charge is -2.11. The smallest absolute Gasteiger partial charge is 0.243 e. The molecule has 0 unspecified atom stereocenters. The number of sulfonamides is 1. The second-order valence-corrected chi connectivity index (χ2v) is 6.15. The van der Waals surface area contributed by atoms with Gasteiger partial charge in [0, 0.05) is 6.20 Å². The summed E-state index contributed by atoms with van der Waals surface area (Å²) in [6.45, 7) is 0.242. The molecule has 0 aliphatic heterocycles. The minimum atomic E-state index is -3.88. The van der Waals surface area contributed by atoms with E-state index in [0.29, 0.717) is 4.47 Å². The van der Waals surface area contributed by atoms with Crippen molar-refractivity contribution in [2.75, 3.05) is 0 Å². The lowest BCUT2D eigenvalue weighted by molar-refractivity contribution is 0.295. The van der Waals surface area contributed by atoms with Crippen LogP contribution < -0.4 is 9.88 Å². The summed E-state index contributed by atoms with van der Waals surface area (Å²) in [7, 11) is -3.88. The van der Waals surface area contributed by atoms with Gasteiger partial charge in [-0.2, -0.15) is 0 Å². The monoisotopic (exact) mass is 342 g/mol. The number of benzene rings is 1. The molecule has 0 aliphatic rings. The number of nitrogens with two attached hydrogens (primary N) is 1. The van der Waals surface area contributed by atoms with E-state index < -0.39 is 10.0 Å². The molecule has 0 amide bonds. The van der Waals surface area contributed by atoms with E-state index >= 15 is 0 Å². The Balaban J connectivity index is 2.30. The number of halogens is 1. The summed E-state index contributed by atoms with van der Waals surface area (Å²) in [6, 6.07) is 9.40. The first-order chi connectivity index (χ1) is 8.98. The number of ether oxygens (including phenoxy) is 1. The van der Waals surface area contributed by atoms with Crippen molar-refractivity contribution in [1.29, 1.82) is 0 Å². The second kappa shape index (κ2) is 5.68. The van der Waals surface area contributed by atoms with Gasteiger partial charge in [-0.1, -0.05) is 30.3 Å². The molecule has 0 saturated carbocycles. The van der Waals surface area contributed by atoms with Crippen molar-refractivity contribution in [3.05, 3.63) is 52.8 Å². The summed E-state index contributed by atoms with van der Waals surface area (Å²) in [5, 5.41) is 5.13. The molecule has 2 N–H and O–H groups in total. The Hall–Kier alpha value is -1.44. The molecule has 0 radical (unpaired) electrons. The molecule has 7 heteroatoms. The van der Waals surface area contributed by atoms with Crippen LogP contribution in [0.4, 0.5) is 0 Å². The fraction of sp³-hybridized carbons (Fsp3) is 0.0833. The van der Waals surface area contributed by atoms with Crippen LogP contribution in [0.1, 0.15) is 5.56 Å². The normalized spacial score (nSPS) is 11.3. The summed E-state index contributed by atoms with van der Waals surface area (Å²) in [4.78, 5) is 3.64. The number of nitrogens with zero attached hydrogens (tertiary/aromatic N) is 1. The molecule has 100 valence electrons. The Kier molecular flexibility index (Phi) is 4.18. The third-order valence-corrected chi connectivity index (χ3v) is 3.82. The van der Waals surface area contributed by atoms with E-state index in [1.54, 1.807) is 0 Å². The van der Waals surface area contributed by atoms with Crippen LogP contribution in [0, 0.1) is 0 Å². The van der Waals surface area contributed by atoms with E-state index in [4.69, 9.17) is 9.88 Å². The van der Waals surface area contributed by atoms with Gasteiger partial charge < -0.3 is 4.74 Å². The molecule has 0 aliphatic carbocycles. The molecule has 19 heavy (non-hydrogen) atoms. The molecule has 1 aromatic carbocycles. The Bertz CT molecular complexity index is 675. The van der Waals surface area contributed by atoms with Gasteiger partial charge in [0.1, 0.15) is 11.5 Å². The zero-order valence-electron chi connectivity index (χ0n) is 9.78. The predicted octanol–water partition coefficient (Wildman–Crippen LogP) is 2.07. The Morgan fingerprint density at radius 3 is 2.53 bits per heavy atom. The standard InChI is InChI=1S/C12H11BrN2O3S/c13-10-6-15-7-11(19(14,16)17)12(10)18-8-9-4-2-1-3-5-9/h1-7H,8H2,(H2,14,16,17). The van der Waals surface area contributed by atoms with Crippen molar-refractivity contribution in [3.63, 3.8) is 0 Å². The quantitative estimate of drug-likeness (QED) is 0.921. The van der Waals surface area contributed by atoms with Crippen LogP contribution in [0.2, 0.25) is 0 Å². The molecule has 0 saturated heterocycles. The molecule has 1 aromatic heterocycles. The van der Waals surface area contributed by atoms with E-state index in [2.05, 4.69) is 20.9 Å². The van der Waals surface area contributed by atoms with Crippen LogP contribution in [-0.4, -0.2) is 13.4 Å². The molecular formula is C12H11BrN2O3S. The molecule has 2 aromatic rings. The third kappa shape index (κ3) is 3.52. The molecule has 0 atom stereocenters. The molecule has 2 rings (SSSR count). The van der Waals surface area contributed by atoms with Gasteiger partial charge in [0.2, 0.25) is 10.0 Å². The minimum Gasteiger partial charge on any atom is -0.486 e. The number of pyridine rings is 1.